The summed E-state index contributed by atoms with van der Waals surface area (Å²) in [5.41, 5.74) is -0.245. The number of hydrogen-bond donors (Lipinski definition) is 1. The third-order valence-electron chi connectivity index (χ3n) is 1.79. The van der Waals surface area contributed by atoms with E-state index >= 15 is 0 Å². The van der Waals surface area contributed by atoms with Crippen molar-refractivity contribution in [3.63, 3.8) is 0 Å². The lowest BCUT2D eigenvalue weighted by Gasteiger charge is -2.12. The summed E-state index contributed by atoms with van der Waals surface area (Å²) in [6, 6.07) is 0.874. The number of halogens is 3. The van der Waals surface area contributed by atoms with Gasteiger partial charge in [-0.15, -0.1) is 13.2 Å². The number of alkyl halides is 3. The number of aryl methyl sites for hydroxylation is 1. The average molecular weight is 251 g/mol. The van der Waals surface area contributed by atoms with E-state index in [9.17, 15) is 18.0 Å². The van der Waals surface area contributed by atoms with Crippen LogP contribution in [0.2, 0.25) is 0 Å². The second kappa shape index (κ2) is 4.48. The van der Waals surface area contributed by atoms with Crippen molar-refractivity contribution < 1.29 is 32.5 Å². The Labute approximate surface area is 93.8 Å². The van der Waals surface area contributed by atoms with Gasteiger partial charge in [-0.25, -0.2) is 4.79 Å². The maximum absolute atomic E-state index is 11.9. The molecule has 0 aliphatic carbocycles. The number of carboxylic acid groups (broad SMARTS) is 1. The van der Waals surface area contributed by atoms with Gasteiger partial charge in [-0.05, 0) is 12.5 Å². The molecule has 1 aromatic rings. The molecule has 0 amide bonds. The molecule has 1 aromatic heterocycles. The van der Waals surface area contributed by atoms with E-state index in [0.29, 0.717) is 0 Å². The quantitative estimate of drug-likeness (QED) is 0.889. The Balaban J connectivity index is 3.23. The van der Waals surface area contributed by atoms with E-state index in [4.69, 9.17) is 5.11 Å². The van der Waals surface area contributed by atoms with Crippen molar-refractivity contribution in [1.82, 2.24) is 4.98 Å². The van der Waals surface area contributed by atoms with Crippen LogP contribution in [0.4, 0.5) is 13.2 Å². The van der Waals surface area contributed by atoms with Crippen LogP contribution in [0.5, 0.6) is 11.8 Å². The maximum atomic E-state index is 11.9. The van der Waals surface area contributed by atoms with Crippen LogP contribution >= 0.6 is 0 Å². The van der Waals surface area contributed by atoms with Crippen LogP contribution in [-0.4, -0.2) is 29.5 Å². The van der Waals surface area contributed by atoms with Gasteiger partial charge in [0.1, 0.15) is 5.56 Å². The zero-order chi connectivity index (χ0) is 13.2. The first-order valence-electron chi connectivity index (χ1n) is 4.29. The molecule has 1 rings (SSSR count). The van der Waals surface area contributed by atoms with Crippen LogP contribution in [0.25, 0.3) is 0 Å². The van der Waals surface area contributed by atoms with Crippen LogP contribution in [-0.2, 0) is 0 Å². The zero-order valence-corrected chi connectivity index (χ0v) is 8.83. The van der Waals surface area contributed by atoms with Crippen molar-refractivity contribution >= 4 is 5.97 Å². The second-order valence-electron chi connectivity index (χ2n) is 3.01. The summed E-state index contributed by atoms with van der Waals surface area (Å²) >= 11 is 0. The molecule has 1 heterocycles. The SMILES string of the molecule is COc1nc(OC(F)(F)F)cc(C)c1C(=O)O. The molecule has 8 heteroatoms. The van der Waals surface area contributed by atoms with Crippen LogP contribution in [0.1, 0.15) is 15.9 Å². The Kier molecular flexibility index (Phi) is 3.45. The van der Waals surface area contributed by atoms with Crippen molar-refractivity contribution in [1.29, 1.82) is 0 Å². The van der Waals surface area contributed by atoms with Gasteiger partial charge < -0.3 is 14.6 Å². The fraction of sp³-hybridized carbons (Fsp3) is 0.333. The number of methoxy groups -OCH3 is 1. The number of rotatable bonds is 3. The summed E-state index contributed by atoms with van der Waals surface area (Å²) in [7, 11) is 1.10. The fourth-order valence-corrected chi connectivity index (χ4v) is 1.19. The molecule has 17 heavy (non-hydrogen) atoms. The molecule has 1 N–H and O–H groups in total. The highest BCUT2D eigenvalue weighted by Gasteiger charge is 2.32. The highest BCUT2D eigenvalue weighted by atomic mass is 19.4. The topological polar surface area (TPSA) is 68.7 Å². The first-order valence-corrected chi connectivity index (χ1v) is 4.29. The first-order chi connectivity index (χ1) is 7.74. The smallest absolute Gasteiger partial charge is 0.480 e. The summed E-state index contributed by atoms with van der Waals surface area (Å²) in [6.07, 6.45) is -4.89. The highest BCUT2D eigenvalue weighted by molar-refractivity contribution is 5.92. The number of nitrogens with zero attached hydrogens (tertiary/aromatic N) is 1. The molecule has 0 aliphatic rings. The third-order valence-corrected chi connectivity index (χ3v) is 1.79. The Morgan fingerprint density at radius 2 is 2.06 bits per heavy atom. The first kappa shape index (κ1) is 13.1. The summed E-state index contributed by atoms with van der Waals surface area (Å²) in [5, 5.41) is 8.82. The van der Waals surface area contributed by atoms with Crippen molar-refractivity contribution in [2.24, 2.45) is 0 Å². The van der Waals surface area contributed by atoms with Crippen LogP contribution in [0.3, 0.4) is 0 Å². The van der Waals surface area contributed by atoms with Gasteiger partial charge in [0.2, 0.25) is 11.8 Å². The fourth-order valence-electron chi connectivity index (χ4n) is 1.19. The molecule has 94 valence electrons. The van der Waals surface area contributed by atoms with Gasteiger partial charge in [0.05, 0.1) is 7.11 Å². The summed E-state index contributed by atoms with van der Waals surface area (Å²) < 4.78 is 44.0. The molecule has 0 unspecified atom stereocenters. The molecule has 0 saturated heterocycles. The molecule has 0 atom stereocenters. The minimum absolute atomic E-state index is 0.0589. The van der Waals surface area contributed by atoms with Gasteiger partial charge >= 0.3 is 12.3 Å². The largest absolute Gasteiger partial charge is 0.574 e. The molecular weight excluding hydrogens is 243 g/mol. The van der Waals surface area contributed by atoms with Crippen LogP contribution in [0.15, 0.2) is 6.07 Å². The molecule has 5 nitrogen and oxygen atoms in total. The van der Waals surface area contributed by atoms with Gasteiger partial charge in [-0.2, -0.15) is 4.98 Å². The van der Waals surface area contributed by atoms with E-state index in [1.807, 2.05) is 0 Å². The van der Waals surface area contributed by atoms with E-state index in [-0.39, 0.29) is 11.1 Å². The summed E-state index contributed by atoms with van der Waals surface area (Å²) in [5.74, 6) is -2.54. The van der Waals surface area contributed by atoms with Crippen molar-refractivity contribution in [2.45, 2.75) is 13.3 Å². The Hall–Kier alpha value is -1.99. The third kappa shape index (κ3) is 3.23. The van der Waals surface area contributed by atoms with Gasteiger partial charge in [-0.1, -0.05) is 0 Å². The predicted molar refractivity (Wildman–Crippen MR) is 49.2 cm³/mol. The van der Waals surface area contributed by atoms with Gasteiger partial charge in [0.15, 0.2) is 0 Å². The molecule has 0 spiro atoms. The van der Waals surface area contributed by atoms with Crippen LogP contribution < -0.4 is 9.47 Å². The van der Waals surface area contributed by atoms with Crippen molar-refractivity contribution in [3.8, 4) is 11.8 Å². The number of aromatic nitrogens is 1. The number of pyridine rings is 1. The lowest BCUT2D eigenvalue weighted by Crippen LogP contribution is -2.18. The summed E-state index contributed by atoms with van der Waals surface area (Å²) in [6.45, 7) is 1.32. The summed E-state index contributed by atoms with van der Waals surface area (Å²) in [4.78, 5) is 14.1. The standard InChI is InChI=1S/C9H8F3NO4/c1-4-3-5(17-9(10,11)12)13-7(16-2)6(4)8(14)15/h3H,1-2H3,(H,14,15). The lowest BCUT2D eigenvalue weighted by atomic mass is 10.1. The number of aromatic carboxylic acids is 1. The minimum Gasteiger partial charge on any atom is -0.480 e. The van der Waals surface area contributed by atoms with Crippen molar-refractivity contribution in [3.05, 3.63) is 17.2 Å². The Morgan fingerprint density at radius 1 is 1.47 bits per heavy atom. The van der Waals surface area contributed by atoms with E-state index in [0.717, 1.165) is 13.2 Å². The number of carbonyl (C=O) groups is 1. The molecule has 0 aromatic carbocycles. The van der Waals surface area contributed by atoms with E-state index in [1.165, 1.54) is 6.92 Å². The number of carboxylic acids is 1. The molecule has 0 fully saturated rings. The Morgan fingerprint density at radius 3 is 2.47 bits per heavy atom. The Bertz CT molecular complexity index is 445. The normalized spacial score (nSPS) is 11.1. The molecule has 0 aliphatic heterocycles. The maximum Gasteiger partial charge on any atom is 0.574 e. The minimum atomic E-state index is -4.89. The molecular formula is C9H8F3NO4. The van der Waals surface area contributed by atoms with E-state index in [1.54, 1.807) is 0 Å². The number of hydrogen-bond acceptors (Lipinski definition) is 4. The predicted octanol–water partition coefficient (Wildman–Crippen LogP) is 2.00. The van der Waals surface area contributed by atoms with Gasteiger partial charge in [0.25, 0.3) is 0 Å². The van der Waals surface area contributed by atoms with Gasteiger partial charge in [0, 0.05) is 6.07 Å². The van der Waals surface area contributed by atoms with E-state index in [2.05, 4.69) is 14.5 Å². The molecule has 0 saturated carbocycles. The van der Waals surface area contributed by atoms with Gasteiger partial charge in [-0.3, -0.25) is 0 Å². The second-order valence-corrected chi connectivity index (χ2v) is 3.01. The zero-order valence-electron chi connectivity index (χ0n) is 8.83. The van der Waals surface area contributed by atoms with E-state index < -0.39 is 24.1 Å². The average Bonchev–Trinajstić information content (AvgIpc) is 2.12. The highest BCUT2D eigenvalue weighted by Crippen LogP contribution is 2.27. The monoisotopic (exact) mass is 251 g/mol. The lowest BCUT2D eigenvalue weighted by molar-refractivity contribution is -0.276. The molecule has 0 bridgehead atoms. The van der Waals surface area contributed by atoms with Crippen molar-refractivity contribution in [2.75, 3.05) is 7.11 Å². The number of ether oxygens (including phenoxy) is 2. The van der Waals surface area contributed by atoms with Crippen LogP contribution in [0, 0.1) is 6.92 Å². The molecule has 0 radical (unpaired) electrons.